The molecule has 0 bridgehead atoms. The number of carbonyl (C=O) groups excluding carboxylic acids is 1. The zero-order chi connectivity index (χ0) is 12.3. The second kappa shape index (κ2) is 4.23. The molecule has 16 heavy (non-hydrogen) atoms. The molecular formula is C10H6F3NO2. The summed E-state index contributed by atoms with van der Waals surface area (Å²) in [6.07, 6.45) is -4.53. The molecule has 0 radical (unpaired) electrons. The van der Waals surface area contributed by atoms with Gasteiger partial charge in [0.1, 0.15) is 11.8 Å². The maximum atomic E-state index is 12.3. The van der Waals surface area contributed by atoms with Crippen LogP contribution in [0.4, 0.5) is 13.2 Å². The van der Waals surface area contributed by atoms with Gasteiger partial charge < -0.3 is 4.74 Å². The molecule has 1 aromatic rings. The van der Waals surface area contributed by atoms with E-state index in [0.717, 1.165) is 19.1 Å². The Morgan fingerprint density at radius 1 is 1.44 bits per heavy atom. The van der Waals surface area contributed by atoms with Gasteiger partial charge in [0.05, 0.1) is 11.1 Å². The summed E-state index contributed by atoms with van der Waals surface area (Å²) in [5.74, 6) is -0.876. The van der Waals surface area contributed by atoms with Gasteiger partial charge in [-0.3, -0.25) is 4.79 Å². The molecular weight excluding hydrogens is 223 g/mol. The molecule has 0 N–H and O–H groups in total. The van der Waals surface area contributed by atoms with E-state index in [-0.39, 0.29) is 11.3 Å². The van der Waals surface area contributed by atoms with Crippen LogP contribution in [0.15, 0.2) is 18.2 Å². The van der Waals surface area contributed by atoms with Crippen LogP contribution < -0.4 is 4.74 Å². The third kappa shape index (κ3) is 2.73. The van der Waals surface area contributed by atoms with E-state index in [1.165, 1.54) is 6.07 Å². The zero-order valence-electron chi connectivity index (χ0n) is 8.13. The first-order valence-corrected chi connectivity index (χ1v) is 4.14. The van der Waals surface area contributed by atoms with Crippen LogP contribution in [0.25, 0.3) is 0 Å². The molecule has 0 aromatic heterocycles. The minimum Gasteiger partial charge on any atom is -0.425 e. The Labute approximate surface area is 89.1 Å². The number of nitrogens with zero attached hydrogens (tertiary/aromatic N) is 1. The number of nitriles is 1. The van der Waals surface area contributed by atoms with Gasteiger partial charge in [0, 0.05) is 6.92 Å². The van der Waals surface area contributed by atoms with Gasteiger partial charge in [0.2, 0.25) is 0 Å². The van der Waals surface area contributed by atoms with E-state index in [1.54, 1.807) is 0 Å². The summed E-state index contributed by atoms with van der Waals surface area (Å²) in [5, 5.41) is 8.61. The predicted octanol–water partition coefficient (Wildman–Crippen LogP) is 2.50. The highest BCUT2D eigenvalue weighted by Gasteiger charge is 2.31. The van der Waals surface area contributed by atoms with Crippen LogP contribution in [0.2, 0.25) is 0 Å². The molecule has 0 amide bonds. The quantitative estimate of drug-likeness (QED) is 0.549. The van der Waals surface area contributed by atoms with Crippen LogP contribution in [0.3, 0.4) is 0 Å². The number of carbonyl (C=O) groups is 1. The van der Waals surface area contributed by atoms with Crippen molar-refractivity contribution in [3.63, 3.8) is 0 Å². The van der Waals surface area contributed by atoms with Crippen molar-refractivity contribution in [2.45, 2.75) is 13.1 Å². The Hall–Kier alpha value is -2.03. The van der Waals surface area contributed by atoms with Crippen LogP contribution in [-0.2, 0) is 11.0 Å². The Morgan fingerprint density at radius 3 is 2.50 bits per heavy atom. The third-order valence-electron chi connectivity index (χ3n) is 1.68. The Bertz CT molecular complexity index is 460. The average Bonchev–Trinajstić information content (AvgIpc) is 2.15. The molecule has 0 spiro atoms. The highest BCUT2D eigenvalue weighted by Crippen LogP contribution is 2.32. The third-order valence-corrected chi connectivity index (χ3v) is 1.68. The number of hydrogen-bond acceptors (Lipinski definition) is 3. The fraction of sp³-hybridized carbons (Fsp3) is 0.200. The van der Waals surface area contributed by atoms with Gasteiger partial charge in [-0.1, -0.05) is 0 Å². The number of rotatable bonds is 1. The Balaban J connectivity index is 3.18. The second-order valence-electron chi connectivity index (χ2n) is 2.91. The molecule has 3 nitrogen and oxygen atoms in total. The number of benzene rings is 1. The summed E-state index contributed by atoms with van der Waals surface area (Å²) in [5.41, 5.74) is -1.29. The lowest BCUT2D eigenvalue weighted by Crippen LogP contribution is -2.07. The first-order chi connectivity index (χ1) is 7.34. The molecule has 0 aliphatic carbocycles. The Morgan fingerprint density at radius 2 is 2.06 bits per heavy atom. The Kier molecular flexibility index (Phi) is 3.18. The topological polar surface area (TPSA) is 50.1 Å². The molecule has 0 heterocycles. The van der Waals surface area contributed by atoms with E-state index in [4.69, 9.17) is 5.26 Å². The van der Waals surface area contributed by atoms with Crippen LogP contribution in [0.1, 0.15) is 18.1 Å². The van der Waals surface area contributed by atoms with Crippen molar-refractivity contribution in [1.29, 1.82) is 5.26 Å². The van der Waals surface area contributed by atoms with Gasteiger partial charge in [-0.05, 0) is 18.2 Å². The maximum absolute atomic E-state index is 12.3. The number of hydrogen-bond donors (Lipinski definition) is 0. The molecule has 0 aliphatic rings. The van der Waals surface area contributed by atoms with Gasteiger partial charge in [-0.15, -0.1) is 0 Å². The maximum Gasteiger partial charge on any atom is 0.416 e. The number of ether oxygens (including phenoxy) is 1. The van der Waals surface area contributed by atoms with Gasteiger partial charge in [0.15, 0.2) is 0 Å². The van der Waals surface area contributed by atoms with E-state index in [2.05, 4.69) is 4.74 Å². The number of esters is 1. The molecule has 6 heteroatoms. The first kappa shape index (κ1) is 12.0. The molecule has 0 aliphatic heterocycles. The molecule has 84 valence electrons. The minimum atomic E-state index is -4.53. The van der Waals surface area contributed by atoms with Gasteiger partial charge in [-0.2, -0.15) is 18.4 Å². The number of alkyl halides is 3. The fourth-order valence-electron chi connectivity index (χ4n) is 1.04. The van der Waals surface area contributed by atoms with Crippen molar-refractivity contribution >= 4 is 5.97 Å². The summed E-state index contributed by atoms with van der Waals surface area (Å²) >= 11 is 0. The molecule has 0 fully saturated rings. The molecule has 1 rings (SSSR count). The lowest BCUT2D eigenvalue weighted by atomic mass is 10.1. The molecule has 0 unspecified atom stereocenters. The predicted molar refractivity (Wildman–Crippen MR) is 47.5 cm³/mol. The summed E-state index contributed by atoms with van der Waals surface area (Å²) < 4.78 is 41.4. The molecule has 1 aromatic carbocycles. The standard InChI is InChI=1S/C10H6F3NO2/c1-6(15)16-9-3-2-8(10(11,12)13)4-7(9)5-14/h2-4H,1H3. The largest absolute Gasteiger partial charge is 0.425 e. The van der Waals surface area contributed by atoms with Crippen LogP contribution in [0.5, 0.6) is 5.75 Å². The SMILES string of the molecule is CC(=O)Oc1ccc(C(F)(F)F)cc1C#N. The van der Waals surface area contributed by atoms with Crippen LogP contribution >= 0.6 is 0 Å². The molecule has 0 atom stereocenters. The van der Waals surface area contributed by atoms with Crippen molar-refractivity contribution in [3.8, 4) is 11.8 Å². The smallest absolute Gasteiger partial charge is 0.416 e. The monoisotopic (exact) mass is 229 g/mol. The van der Waals surface area contributed by atoms with Gasteiger partial charge >= 0.3 is 12.1 Å². The highest BCUT2D eigenvalue weighted by atomic mass is 19.4. The van der Waals surface area contributed by atoms with E-state index in [0.29, 0.717) is 6.07 Å². The summed E-state index contributed by atoms with van der Waals surface area (Å²) in [6, 6.07) is 3.87. The van der Waals surface area contributed by atoms with Crippen molar-refractivity contribution in [2.24, 2.45) is 0 Å². The summed E-state index contributed by atoms with van der Waals surface area (Å²) in [6.45, 7) is 1.10. The average molecular weight is 229 g/mol. The number of halogens is 3. The van der Waals surface area contributed by atoms with Gasteiger partial charge in [-0.25, -0.2) is 0 Å². The van der Waals surface area contributed by atoms with E-state index in [1.807, 2.05) is 0 Å². The van der Waals surface area contributed by atoms with Crippen molar-refractivity contribution in [2.75, 3.05) is 0 Å². The summed E-state index contributed by atoms with van der Waals surface area (Å²) in [7, 11) is 0. The highest BCUT2D eigenvalue weighted by molar-refractivity contribution is 5.70. The zero-order valence-corrected chi connectivity index (χ0v) is 8.13. The van der Waals surface area contributed by atoms with Crippen LogP contribution in [-0.4, -0.2) is 5.97 Å². The molecule has 0 saturated heterocycles. The lowest BCUT2D eigenvalue weighted by Gasteiger charge is -2.08. The van der Waals surface area contributed by atoms with Crippen LogP contribution in [0, 0.1) is 11.3 Å². The molecule has 0 saturated carbocycles. The first-order valence-electron chi connectivity index (χ1n) is 4.14. The van der Waals surface area contributed by atoms with E-state index < -0.39 is 17.7 Å². The summed E-state index contributed by atoms with van der Waals surface area (Å²) in [4.78, 5) is 10.6. The lowest BCUT2D eigenvalue weighted by molar-refractivity contribution is -0.137. The van der Waals surface area contributed by atoms with E-state index >= 15 is 0 Å². The van der Waals surface area contributed by atoms with Crippen molar-refractivity contribution in [1.82, 2.24) is 0 Å². The second-order valence-corrected chi connectivity index (χ2v) is 2.91. The minimum absolute atomic E-state index is 0.178. The normalized spacial score (nSPS) is 10.7. The van der Waals surface area contributed by atoms with Crippen molar-refractivity contribution < 1.29 is 22.7 Å². The van der Waals surface area contributed by atoms with Crippen molar-refractivity contribution in [3.05, 3.63) is 29.3 Å². The fourth-order valence-corrected chi connectivity index (χ4v) is 1.04. The van der Waals surface area contributed by atoms with E-state index in [9.17, 15) is 18.0 Å². The van der Waals surface area contributed by atoms with Gasteiger partial charge in [0.25, 0.3) is 0 Å².